The molecule has 3 saturated carbocycles. The Kier molecular flexibility index (Phi) is 6.68. The predicted octanol–water partition coefficient (Wildman–Crippen LogP) is 3.90. The lowest BCUT2D eigenvalue weighted by Crippen LogP contribution is -2.54. The van der Waals surface area contributed by atoms with Gasteiger partial charge < -0.3 is 10.1 Å². The van der Waals surface area contributed by atoms with Crippen molar-refractivity contribution < 1.29 is 23.9 Å². The largest absolute Gasteiger partial charge is 0.384 e. The van der Waals surface area contributed by atoms with Crippen LogP contribution in [0.1, 0.15) is 114 Å². The normalized spacial score (nSPS) is 29.8. The monoisotopic (exact) mass is 559 g/mol. The van der Waals surface area contributed by atoms with E-state index in [1.54, 1.807) is 12.1 Å². The van der Waals surface area contributed by atoms with Crippen molar-refractivity contribution in [3.8, 4) is 0 Å². The average Bonchev–Trinajstić information content (AvgIpc) is 3.66. The van der Waals surface area contributed by atoms with Crippen molar-refractivity contribution in [3.05, 3.63) is 46.8 Å². The number of benzene rings is 1. The second kappa shape index (κ2) is 10.4. The van der Waals surface area contributed by atoms with Gasteiger partial charge in [0.25, 0.3) is 11.8 Å². The van der Waals surface area contributed by atoms with Crippen molar-refractivity contribution in [2.24, 2.45) is 5.92 Å². The first-order valence-electron chi connectivity index (χ1n) is 15.1. The Morgan fingerprint density at radius 1 is 1.02 bits per heavy atom. The number of rotatable bonds is 8. The summed E-state index contributed by atoms with van der Waals surface area (Å²) in [6.45, 7) is 0.685. The second-order valence-electron chi connectivity index (χ2n) is 12.4. The smallest absolute Gasteiger partial charge is 0.264 e. The molecule has 1 saturated heterocycles. The van der Waals surface area contributed by atoms with Gasteiger partial charge >= 0.3 is 0 Å². The third-order valence-corrected chi connectivity index (χ3v) is 9.79. The van der Waals surface area contributed by atoms with Crippen molar-refractivity contribution in [2.75, 3.05) is 19.0 Å². The van der Waals surface area contributed by atoms with Crippen LogP contribution in [0.3, 0.4) is 0 Å². The van der Waals surface area contributed by atoms with Crippen LogP contribution >= 0.6 is 0 Å². The number of hydrogen-bond acceptors (Lipinski definition) is 7. The molecule has 10 heteroatoms. The number of nitrogens with one attached hydrogen (secondary N) is 2. The molecule has 2 aromatic rings. The van der Waals surface area contributed by atoms with Gasteiger partial charge in [0, 0.05) is 43.8 Å². The molecule has 4 amide bonds. The van der Waals surface area contributed by atoms with E-state index in [1.165, 1.54) is 43.4 Å². The summed E-state index contributed by atoms with van der Waals surface area (Å²) in [5.74, 6) is -0.484. The third-order valence-electron chi connectivity index (χ3n) is 9.79. The SMILES string of the molecule is COC1CCCCC1c1cn(C2CC(CNc3cccc4c3C(=O)N(C3CCC(=O)NC3=O)C4=O)C2)nc1C1CC1. The minimum absolute atomic E-state index is 0.102. The quantitative estimate of drug-likeness (QED) is 0.471. The molecule has 7 rings (SSSR count). The van der Waals surface area contributed by atoms with Gasteiger partial charge in [-0.15, -0.1) is 0 Å². The van der Waals surface area contributed by atoms with Crippen LogP contribution in [0.25, 0.3) is 0 Å². The zero-order chi connectivity index (χ0) is 28.2. The minimum Gasteiger partial charge on any atom is -0.384 e. The predicted molar refractivity (Wildman–Crippen MR) is 150 cm³/mol. The van der Waals surface area contributed by atoms with Gasteiger partial charge in [-0.25, -0.2) is 0 Å². The molecule has 5 aliphatic rings. The van der Waals surface area contributed by atoms with Crippen LogP contribution in [0.4, 0.5) is 5.69 Å². The summed E-state index contributed by atoms with van der Waals surface area (Å²) < 4.78 is 8.09. The van der Waals surface area contributed by atoms with Crippen LogP contribution in [0, 0.1) is 5.92 Å². The number of fused-ring (bicyclic) bond motifs is 1. The van der Waals surface area contributed by atoms with Crippen molar-refractivity contribution >= 4 is 29.3 Å². The third kappa shape index (κ3) is 4.66. The Hall–Kier alpha value is -3.53. The molecular formula is C31H37N5O5. The molecule has 2 aliphatic heterocycles. The van der Waals surface area contributed by atoms with E-state index in [0.717, 1.165) is 24.2 Å². The van der Waals surface area contributed by atoms with E-state index in [0.29, 0.717) is 47.2 Å². The number of ether oxygens (including phenoxy) is 1. The van der Waals surface area contributed by atoms with E-state index in [2.05, 4.69) is 21.5 Å². The fraction of sp³-hybridized carbons (Fsp3) is 0.581. The maximum absolute atomic E-state index is 13.4. The van der Waals surface area contributed by atoms with Gasteiger partial charge in [-0.3, -0.25) is 34.1 Å². The van der Waals surface area contributed by atoms with Crippen LogP contribution in [0.2, 0.25) is 0 Å². The number of amides is 4. The van der Waals surface area contributed by atoms with Crippen LogP contribution in [-0.2, 0) is 14.3 Å². The second-order valence-corrected chi connectivity index (χ2v) is 12.4. The Labute approximate surface area is 239 Å². The molecule has 1 aromatic carbocycles. The Balaban J connectivity index is 1.01. The van der Waals surface area contributed by atoms with E-state index in [-0.39, 0.29) is 24.9 Å². The summed E-state index contributed by atoms with van der Waals surface area (Å²) in [6, 6.07) is 4.59. The van der Waals surface area contributed by atoms with Crippen LogP contribution in [0.15, 0.2) is 24.4 Å². The van der Waals surface area contributed by atoms with E-state index < -0.39 is 23.8 Å². The number of methoxy groups -OCH3 is 1. The summed E-state index contributed by atoms with van der Waals surface area (Å²) >= 11 is 0. The summed E-state index contributed by atoms with van der Waals surface area (Å²) in [6.07, 6.45) is 12.1. The molecule has 216 valence electrons. The van der Waals surface area contributed by atoms with Gasteiger partial charge in [-0.05, 0) is 68.6 Å². The van der Waals surface area contributed by atoms with E-state index in [9.17, 15) is 19.2 Å². The average molecular weight is 560 g/mol. The molecule has 41 heavy (non-hydrogen) atoms. The molecule has 3 heterocycles. The summed E-state index contributed by atoms with van der Waals surface area (Å²) in [5, 5.41) is 10.8. The van der Waals surface area contributed by atoms with Gasteiger partial charge in [0.15, 0.2) is 0 Å². The summed E-state index contributed by atoms with van der Waals surface area (Å²) in [4.78, 5) is 51.5. The minimum atomic E-state index is -0.965. The number of nitrogens with zero attached hydrogens (tertiary/aromatic N) is 3. The van der Waals surface area contributed by atoms with Crippen molar-refractivity contribution in [1.29, 1.82) is 0 Å². The Morgan fingerprint density at radius 3 is 2.59 bits per heavy atom. The number of aromatic nitrogens is 2. The lowest BCUT2D eigenvalue weighted by atomic mass is 9.79. The molecule has 0 spiro atoms. The number of hydrogen-bond donors (Lipinski definition) is 2. The molecular weight excluding hydrogens is 522 g/mol. The first kappa shape index (κ1) is 26.4. The van der Waals surface area contributed by atoms with Gasteiger partial charge in [-0.2, -0.15) is 5.10 Å². The lowest BCUT2D eigenvalue weighted by Gasteiger charge is -2.36. The fourth-order valence-electron chi connectivity index (χ4n) is 7.30. The lowest BCUT2D eigenvalue weighted by molar-refractivity contribution is -0.136. The van der Waals surface area contributed by atoms with Crippen molar-refractivity contribution in [1.82, 2.24) is 20.0 Å². The van der Waals surface area contributed by atoms with E-state index >= 15 is 0 Å². The molecule has 3 aliphatic carbocycles. The zero-order valence-electron chi connectivity index (χ0n) is 23.4. The van der Waals surface area contributed by atoms with Crippen LogP contribution in [-0.4, -0.2) is 64.1 Å². The molecule has 4 fully saturated rings. The standard InChI is InChI=1S/C31H37N5O5/c1-41-25-8-3-2-5-20(25)22-16-35(34-28(22)18-9-10-18)19-13-17(14-19)15-32-23-7-4-6-21-27(23)31(40)36(30(21)39)24-11-12-26(37)33-29(24)38/h4,6-7,16-20,24-25,32H,2-3,5,8-15H2,1H3,(H,33,37,38). The van der Waals surface area contributed by atoms with Gasteiger partial charge in [0.05, 0.1) is 29.0 Å². The van der Waals surface area contributed by atoms with E-state index in [1.807, 2.05) is 13.2 Å². The maximum Gasteiger partial charge on any atom is 0.264 e. The topological polar surface area (TPSA) is 123 Å². The van der Waals surface area contributed by atoms with Gasteiger partial charge in [-0.1, -0.05) is 18.9 Å². The van der Waals surface area contributed by atoms with Crippen molar-refractivity contribution in [2.45, 2.75) is 94.2 Å². The van der Waals surface area contributed by atoms with Crippen LogP contribution < -0.4 is 10.6 Å². The van der Waals surface area contributed by atoms with Gasteiger partial charge in [0.2, 0.25) is 11.8 Å². The number of imide groups is 2. The molecule has 2 N–H and O–H groups in total. The zero-order valence-corrected chi connectivity index (χ0v) is 23.4. The Bertz CT molecular complexity index is 1410. The number of carbonyl (C=O) groups is 4. The highest BCUT2D eigenvalue weighted by molar-refractivity contribution is 6.25. The fourth-order valence-corrected chi connectivity index (χ4v) is 7.30. The number of carbonyl (C=O) groups excluding carboxylic acids is 4. The van der Waals surface area contributed by atoms with Crippen molar-refractivity contribution in [3.63, 3.8) is 0 Å². The highest BCUT2D eigenvalue weighted by Gasteiger charge is 2.46. The first-order chi connectivity index (χ1) is 19.9. The highest BCUT2D eigenvalue weighted by Crippen LogP contribution is 2.47. The molecule has 3 unspecified atom stereocenters. The first-order valence-corrected chi connectivity index (χ1v) is 15.1. The summed E-state index contributed by atoms with van der Waals surface area (Å²) in [7, 11) is 1.84. The molecule has 3 atom stereocenters. The number of anilines is 1. The van der Waals surface area contributed by atoms with Gasteiger partial charge in [0.1, 0.15) is 6.04 Å². The van der Waals surface area contributed by atoms with Crippen LogP contribution in [0.5, 0.6) is 0 Å². The molecule has 0 radical (unpaired) electrons. The molecule has 0 bridgehead atoms. The van der Waals surface area contributed by atoms with E-state index in [4.69, 9.17) is 9.84 Å². The highest BCUT2D eigenvalue weighted by atomic mass is 16.5. The number of piperidine rings is 1. The maximum atomic E-state index is 13.4. The molecule has 1 aromatic heterocycles. The Morgan fingerprint density at radius 2 is 1.83 bits per heavy atom. The summed E-state index contributed by atoms with van der Waals surface area (Å²) in [5.41, 5.74) is 3.92. The molecule has 10 nitrogen and oxygen atoms in total.